The second-order valence-corrected chi connectivity index (χ2v) is 8.29. The highest BCUT2D eigenvalue weighted by Gasteiger charge is 2.29. The van der Waals surface area contributed by atoms with Gasteiger partial charge in [-0.1, -0.05) is 26.0 Å². The lowest BCUT2D eigenvalue weighted by molar-refractivity contribution is -0.131. The van der Waals surface area contributed by atoms with Gasteiger partial charge in [0.05, 0.1) is 18.7 Å². The van der Waals surface area contributed by atoms with Gasteiger partial charge in [0.1, 0.15) is 23.9 Å². The molecule has 2 aliphatic heterocycles. The highest BCUT2D eigenvalue weighted by atomic mass is 16.5. The molecule has 2 aliphatic rings. The summed E-state index contributed by atoms with van der Waals surface area (Å²) >= 11 is 0. The Kier molecular flexibility index (Phi) is 6.06. The number of rotatable bonds is 4. The van der Waals surface area contributed by atoms with Crippen molar-refractivity contribution >= 4 is 23.3 Å². The highest BCUT2D eigenvalue weighted by Crippen LogP contribution is 2.31. The van der Waals surface area contributed by atoms with Gasteiger partial charge in [0.15, 0.2) is 0 Å². The molecule has 31 heavy (non-hydrogen) atoms. The number of fused-ring (bicyclic) bond motifs is 1. The fraction of sp³-hybridized carbons (Fsp3) is 0.478. The van der Waals surface area contributed by atoms with Gasteiger partial charge < -0.3 is 14.5 Å². The number of carbonyl (C=O) groups is 2. The van der Waals surface area contributed by atoms with Gasteiger partial charge >= 0.3 is 0 Å². The maximum atomic E-state index is 13.0. The summed E-state index contributed by atoms with van der Waals surface area (Å²) in [6.45, 7) is 9.11. The number of carbonyl (C=O) groups excluding carboxylic acids is 2. The van der Waals surface area contributed by atoms with E-state index < -0.39 is 0 Å². The van der Waals surface area contributed by atoms with E-state index in [1.54, 1.807) is 4.90 Å². The molecule has 0 atom stereocenters. The first kappa shape index (κ1) is 21.1. The van der Waals surface area contributed by atoms with Crippen molar-refractivity contribution in [2.75, 3.05) is 49.1 Å². The summed E-state index contributed by atoms with van der Waals surface area (Å²) in [7, 11) is 0. The van der Waals surface area contributed by atoms with Crippen molar-refractivity contribution in [3.63, 3.8) is 0 Å². The first-order valence-electron chi connectivity index (χ1n) is 10.8. The fourth-order valence-electron chi connectivity index (χ4n) is 3.91. The number of aromatic nitrogens is 2. The molecule has 4 rings (SSSR count). The van der Waals surface area contributed by atoms with Crippen LogP contribution < -0.4 is 14.5 Å². The van der Waals surface area contributed by atoms with Gasteiger partial charge in [-0.15, -0.1) is 0 Å². The average Bonchev–Trinajstić information content (AvgIpc) is 2.92. The molecule has 3 heterocycles. The highest BCUT2D eigenvalue weighted by molar-refractivity contribution is 6.00. The summed E-state index contributed by atoms with van der Waals surface area (Å²) in [5, 5.41) is 0. The van der Waals surface area contributed by atoms with E-state index in [1.165, 1.54) is 0 Å². The molecule has 0 spiro atoms. The predicted molar refractivity (Wildman–Crippen MR) is 119 cm³/mol. The number of anilines is 2. The van der Waals surface area contributed by atoms with Crippen LogP contribution in [0.15, 0.2) is 30.3 Å². The minimum absolute atomic E-state index is 0.0311. The Bertz CT molecular complexity index is 969. The van der Waals surface area contributed by atoms with Crippen molar-refractivity contribution < 1.29 is 14.3 Å². The molecule has 0 aliphatic carbocycles. The van der Waals surface area contributed by atoms with Crippen LogP contribution in [0, 0.1) is 6.92 Å². The van der Waals surface area contributed by atoms with Crippen LogP contribution in [-0.2, 0) is 9.59 Å². The second kappa shape index (κ2) is 8.91. The van der Waals surface area contributed by atoms with Crippen LogP contribution in [0.25, 0.3) is 0 Å². The Morgan fingerprint density at radius 1 is 1.13 bits per heavy atom. The van der Waals surface area contributed by atoms with E-state index in [-0.39, 0.29) is 30.7 Å². The molecule has 0 saturated carbocycles. The molecule has 1 aromatic heterocycles. The Balaban J connectivity index is 1.42. The van der Waals surface area contributed by atoms with E-state index in [0.29, 0.717) is 44.2 Å². The first-order chi connectivity index (χ1) is 14.9. The van der Waals surface area contributed by atoms with Gasteiger partial charge in [-0.05, 0) is 19.1 Å². The molecule has 0 bridgehead atoms. The quantitative estimate of drug-likeness (QED) is 0.751. The van der Waals surface area contributed by atoms with Crippen molar-refractivity contribution in [3.05, 3.63) is 41.9 Å². The van der Waals surface area contributed by atoms with Crippen LogP contribution in [0.5, 0.6) is 5.75 Å². The van der Waals surface area contributed by atoms with E-state index in [4.69, 9.17) is 9.72 Å². The molecule has 0 N–H and O–H groups in total. The lowest BCUT2D eigenvalue weighted by atomic mass is 10.2. The zero-order valence-corrected chi connectivity index (χ0v) is 18.4. The van der Waals surface area contributed by atoms with Crippen LogP contribution in [0.1, 0.15) is 37.7 Å². The van der Waals surface area contributed by atoms with Crippen molar-refractivity contribution in [2.24, 2.45) is 0 Å². The van der Waals surface area contributed by atoms with E-state index in [9.17, 15) is 9.59 Å². The van der Waals surface area contributed by atoms with Gasteiger partial charge in [0.2, 0.25) is 11.8 Å². The number of benzene rings is 1. The van der Waals surface area contributed by atoms with Gasteiger partial charge in [0, 0.05) is 43.9 Å². The third-order valence-corrected chi connectivity index (χ3v) is 5.65. The average molecular weight is 424 g/mol. The molecule has 2 aromatic rings. The summed E-state index contributed by atoms with van der Waals surface area (Å²) in [4.78, 5) is 40.4. The molecule has 8 nitrogen and oxygen atoms in total. The summed E-state index contributed by atoms with van der Waals surface area (Å²) in [5.74, 6) is 2.53. The zero-order valence-electron chi connectivity index (χ0n) is 18.4. The normalized spacial score (nSPS) is 16.8. The minimum Gasteiger partial charge on any atom is -0.491 e. The molecule has 0 radical (unpaired) electrons. The first-order valence-corrected chi connectivity index (χ1v) is 10.8. The third kappa shape index (κ3) is 4.62. The molecule has 1 fully saturated rings. The Morgan fingerprint density at radius 2 is 1.87 bits per heavy atom. The van der Waals surface area contributed by atoms with Gasteiger partial charge in [-0.2, -0.15) is 0 Å². The number of ether oxygens (including phenoxy) is 1. The van der Waals surface area contributed by atoms with Crippen molar-refractivity contribution in [3.8, 4) is 5.75 Å². The van der Waals surface area contributed by atoms with Crippen molar-refractivity contribution in [2.45, 2.75) is 33.1 Å². The lowest BCUT2D eigenvalue weighted by Gasteiger charge is -2.36. The smallest absolute Gasteiger partial charge is 0.242 e. The van der Waals surface area contributed by atoms with E-state index >= 15 is 0 Å². The maximum Gasteiger partial charge on any atom is 0.242 e. The zero-order chi connectivity index (χ0) is 22.0. The Hall–Kier alpha value is -3.16. The molecular weight excluding hydrogens is 394 g/mol. The number of hydrogen-bond acceptors (Lipinski definition) is 6. The largest absolute Gasteiger partial charge is 0.491 e. The third-order valence-electron chi connectivity index (χ3n) is 5.65. The summed E-state index contributed by atoms with van der Waals surface area (Å²) in [6, 6.07) is 9.38. The number of piperazine rings is 1. The van der Waals surface area contributed by atoms with E-state index in [0.717, 1.165) is 17.3 Å². The number of amides is 2. The molecule has 1 aromatic carbocycles. The monoisotopic (exact) mass is 423 g/mol. The van der Waals surface area contributed by atoms with Gasteiger partial charge in [-0.25, -0.2) is 9.97 Å². The van der Waals surface area contributed by atoms with Crippen molar-refractivity contribution in [1.29, 1.82) is 0 Å². The molecular formula is C23H29N5O3. The molecule has 1 saturated heterocycles. The Morgan fingerprint density at radius 3 is 2.61 bits per heavy atom. The Labute approximate surface area is 182 Å². The minimum atomic E-state index is -0.0883. The van der Waals surface area contributed by atoms with Gasteiger partial charge in [-0.3, -0.25) is 14.5 Å². The van der Waals surface area contributed by atoms with Crippen LogP contribution in [0.3, 0.4) is 0 Å². The maximum absolute atomic E-state index is 13.0. The van der Waals surface area contributed by atoms with Crippen LogP contribution in [-0.4, -0.2) is 66.0 Å². The number of aryl methyl sites for hydroxylation is 1. The summed E-state index contributed by atoms with van der Waals surface area (Å²) in [5.41, 5.74) is 1.61. The number of hydrogen-bond donors (Lipinski definition) is 0. The molecule has 0 unspecified atom stereocenters. The van der Waals surface area contributed by atoms with Crippen LogP contribution >= 0.6 is 0 Å². The molecule has 2 amide bonds. The molecule has 164 valence electrons. The van der Waals surface area contributed by atoms with E-state index in [2.05, 4.69) is 23.7 Å². The second-order valence-electron chi connectivity index (χ2n) is 8.29. The number of para-hydroxylation sites is 2. The van der Waals surface area contributed by atoms with Crippen molar-refractivity contribution in [1.82, 2.24) is 14.9 Å². The topological polar surface area (TPSA) is 78.9 Å². The van der Waals surface area contributed by atoms with Gasteiger partial charge in [0.25, 0.3) is 0 Å². The van der Waals surface area contributed by atoms with E-state index in [1.807, 2.05) is 42.2 Å². The fourth-order valence-corrected chi connectivity index (χ4v) is 3.91. The molecule has 8 heteroatoms. The van der Waals surface area contributed by atoms with Crippen LogP contribution in [0.2, 0.25) is 0 Å². The van der Waals surface area contributed by atoms with Crippen LogP contribution in [0.4, 0.5) is 11.5 Å². The summed E-state index contributed by atoms with van der Waals surface area (Å²) < 4.78 is 5.67. The predicted octanol–water partition coefficient (Wildman–Crippen LogP) is 2.37. The SMILES string of the molecule is Cc1cc(N2CCN(C(=O)CN3C(=O)CCOc4ccccc43)CC2)nc(C(C)C)n1. The summed E-state index contributed by atoms with van der Waals surface area (Å²) in [6.07, 6.45) is 0.265. The number of nitrogens with zero attached hydrogens (tertiary/aromatic N) is 5. The standard InChI is InChI=1S/C23H29N5O3/c1-16(2)23-24-17(3)14-20(25-23)26-9-11-27(12-10-26)22(30)15-28-18-6-4-5-7-19(18)31-13-8-21(28)29/h4-7,14,16H,8-13,15H2,1-3H3. The lowest BCUT2D eigenvalue weighted by Crippen LogP contribution is -2.52.